The third-order valence-corrected chi connectivity index (χ3v) is 2.58. The van der Waals surface area contributed by atoms with Crippen molar-refractivity contribution >= 4 is 17.4 Å². The summed E-state index contributed by atoms with van der Waals surface area (Å²) in [4.78, 5) is 11.9. The smallest absolute Gasteiger partial charge is 0.257 e. The monoisotopic (exact) mass is 266 g/mol. The zero-order valence-corrected chi connectivity index (χ0v) is 10.4. The van der Waals surface area contributed by atoms with Crippen LogP contribution in [0.5, 0.6) is 0 Å². The van der Waals surface area contributed by atoms with Crippen LogP contribution in [0.15, 0.2) is 18.2 Å². The molecule has 0 atom stereocenters. The highest BCUT2D eigenvalue weighted by Crippen LogP contribution is 2.18. The van der Waals surface area contributed by atoms with Crippen LogP contribution >= 0.6 is 0 Å². The Morgan fingerprint density at radius 3 is 2.37 bits per heavy atom. The molecule has 0 radical (unpaired) electrons. The maximum absolute atomic E-state index is 13.3. The number of carbonyl (C=O) groups is 1. The van der Waals surface area contributed by atoms with E-state index in [-0.39, 0.29) is 5.56 Å². The minimum atomic E-state index is -0.966. The van der Waals surface area contributed by atoms with Crippen LogP contribution < -0.4 is 11.1 Å². The van der Waals surface area contributed by atoms with Crippen molar-refractivity contribution in [2.75, 3.05) is 11.1 Å². The van der Waals surface area contributed by atoms with E-state index in [2.05, 4.69) is 10.4 Å². The SMILES string of the molecule is Cc1cc(NC(=O)c2cc(F)c(N)c(F)c2)n(C)n1. The molecule has 0 fully saturated rings. The lowest BCUT2D eigenvalue weighted by Gasteiger charge is -2.06. The van der Waals surface area contributed by atoms with Crippen LogP contribution in [0.25, 0.3) is 0 Å². The summed E-state index contributed by atoms with van der Waals surface area (Å²) in [7, 11) is 1.65. The second kappa shape index (κ2) is 4.68. The van der Waals surface area contributed by atoms with E-state index in [9.17, 15) is 13.6 Å². The zero-order chi connectivity index (χ0) is 14.2. The molecule has 2 aromatic rings. The summed E-state index contributed by atoms with van der Waals surface area (Å²) in [5, 5.41) is 6.55. The fourth-order valence-electron chi connectivity index (χ4n) is 1.63. The summed E-state index contributed by atoms with van der Waals surface area (Å²) in [6.07, 6.45) is 0. The van der Waals surface area contributed by atoms with Gasteiger partial charge >= 0.3 is 0 Å². The van der Waals surface area contributed by atoms with E-state index in [1.807, 2.05) is 0 Å². The molecule has 0 saturated carbocycles. The second-order valence-corrected chi connectivity index (χ2v) is 4.10. The Morgan fingerprint density at radius 2 is 1.89 bits per heavy atom. The molecule has 3 N–H and O–H groups in total. The minimum Gasteiger partial charge on any atom is -0.394 e. The molecule has 1 aromatic heterocycles. The Kier molecular flexibility index (Phi) is 3.20. The van der Waals surface area contributed by atoms with Gasteiger partial charge in [-0.05, 0) is 19.1 Å². The number of hydrogen-bond donors (Lipinski definition) is 2. The van der Waals surface area contributed by atoms with Gasteiger partial charge in [0.2, 0.25) is 0 Å². The lowest BCUT2D eigenvalue weighted by atomic mass is 10.1. The highest BCUT2D eigenvalue weighted by molar-refractivity contribution is 6.04. The number of amides is 1. The number of halogens is 2. The maximum atomic E-state index is 13.3. The van der Waals surface area contributed by atoms with Gasteiger partial charge in [0.25, 0.3) is 5.91 Å². The minimum absolute atomic E-state index is 0.150. The number of rotatable bonds is 2. The normalized spacial score (nSPS) is 10.5. The summed E-state index contributed by atoms with van der Waals surface area (Å²) < 4.78 is 28.0. The largest absolute Gasteiger partial charge is 0.394 e. The number of benzene rings is 1. The summed E-state index contributed by atoms with van der Waals surface area (Å²) >= 11 is 0. The van der Waals surface area contributed by atoms with Crippen molar-refractivity contribution in [2.45, 2.75) is 6.92 Å². The van der Waals surface area contributed by atoms with Gasteiger partial charge in [-0.3, -0.25) is 9.48 Å². The Balaban J connectivity index is 2.28. The number of anilines is 2. The predicted molar refractivity (Wildman–Crippen MR) is 66.7 cm³/mol. The van der Waals surface area contributed by atoms with Gasteiger partial charge < -0.3 is 11.1 Å². The van der Waals surface area contributed by atoms with Crippen molar-refractivity contribution in [1.29, 1.82) is 0 Å². The standard InChI is InChI=1S/C12H12F2N4O/c1-6-3-10(18(2)17-6)16-12(19)7-4-8(13)11(15)9(14)5-7/h3-5H,15H2,1-2H3,(H,16,19). The van der Waals surface area contributed by atoms with E-state index < -0.39 is 23.2 Å². The van der Waals surface area contributed by atoms with Gasteiger partial charge in [-0.25, -0.2) is 8.78 Å². The molecule has 0 aliphatic carbocycles. The third kappa shape index (κ3) is 2.54. The van der Waals surface area contributed by atoms with Crippen LogP contribution in [0.2, 0.25) is 0 Å². The van der Waals surface area contributed by atoms with E-state index in [4.69, 9.17) is 5.73 Å². The second-order valence-electron chi connectivity index (χ2n) is 4.10. The van der Waals surface area contributed by atoms with Crippen LogP contribution in [0.3, 0.4) is 0 Å². The fraction of sp³-hybridized carbons (Fsp3) is 0.167. The molecule has 7 heteroatoms. The molecule has 0 aliphatic rings. The van der Waals surface area contributed by atoms with E-state index >= 15 is 0 Å². The number of hydrogen-bond acceptors (Lipinski definition) is 3. The summed E-state index contributed by atoms with van der Waals surface area (Å²) in [5.41, 5.74) is 5.10. The molecular weight excluding hydrogens is 254 g/mol. The quantitative estimate of drug-likeness (QED) is 0.815. The average Bonchev–Trinajstić information content (AvgIpc) is 2.64. The number of nitrogens with two attached hydrogens (primary N) is 1. The molecule has 1 amide bonds. The lowest BCUT2D eigenvalue weighted by Crippen LogP contribution is -2.15. The van der Waals surface area contributed by atoms with Crippen molar-refractivity contribution in [3.05, 3.63) is 41.1 Å². The molecule has 1 aromatic carbocycles. The van der Waals surface area contributed by atoms with Crippen molar-refractivity contribution in [3.8, 4) is 0 Å². The fourth-order valence-corrected chi connectivity index (χ4v) is 1.63. The summed E-state index contributed by atoms with van der Waals surface area (Å²) in [6.45, 7) is 1.76. The number of nitrogens with one attached hydrogen (secondary N) is 1. The molecule has 5 nitrogen and oxygen atoms in total. The van der Waals surface area contributed by atoms with Crippen LogP contribution in [0, 0.1) is 18.6 Å². The van der Waals surface area contributed by atoms with Crippen LogP contribution in [-0.4, -0.2) is 15.7 Å². The number of nitrogens with zero attached hydrogens (tertiary/aromatic N) is 2. The van der Waals surface area contributed by atoms with Crippen molar-refractivity contribution in [3.63, 3.8) is 0 Å². The van der Waals surface area contributed by atoms with E-state index in [1.54, 1.807) is 20.0 Å². The lowest BCUT2D eigenvalue weighted by molar-refractivity contribution is 0.102. The number of aromatic nitrogens is 2. The van der Waals surface area contributed by atoms with E-state index in [1.165, 1.54) is 4.68 Å². The molecule has 0 bridgehead atoms. The topological polar surface area (TPSA) is 72.9 Å². The van der Waals surface area contributed by atoms with Gasteiger partial charge in [-0.2, -0.15) is 5.10 Å². The highest BCUT2D eigenvalue weighted by Gasteiger charge is 2.14. The molecule has 0 saturated heterocycles. The van der Waals surface area contributed by atoms with E-state index in [0.717, 1.165) is 12.1 Å². The molecule has 0 unspecified atom stereocenters. The molecule has 19 heavy (non-hydrogen) atoms. The molecule has 100 valence electrons. The molecule has 0 spiro atoms. The van der Waals surface area contributed by atoms with Crippen molar-refractivity contribution in [2.24, 2.45) is 7.05 Å². The number of nitrogen functional groups attached to an aromatic ring is 1. The first-order valence-electron chi connectivity index (χ1n) is 5.45. The summed E-state index contributed by atoms with van der Waals surface area (Å²) in [6, 6.07) is 3.41. The summed E-state index contributed by atoms with van der Waals surface area (Å²) in [5.74, 6) is -2.14. The van der Waals surface area contributed by atoms with Gasteiger partial charge in [-0.15, -0.1) is 0 Å². The molecule has 1 heterocycles. The molecular formula is C12H12F2N4O. The van der Waals surface area contributed by atoms with Gasteiger partial charge in [0.05, 0.1) is 5.69 Å². The van der Waals surface area contributed by atoms with Gasteiger partial charge in [0, 0.05) is 18.7 Å². The molecule has 0 aliphatic heterocycles. The molecule has 2 rings (SSSR count). The third-order valence-electron chi connectivity index (χ3n) is 2.58. The van der Waals surface area contributed by atoms with Crippen LogP contribution in [0.1, 0.15) is 16.1 Å². The Morgan fingerprint density at radius 1 is 1.32 bits per heavy atom. The number of aryl methyl sites for hydroxylation is 2. The van der Waals surface area contributed by atoms with Gasteiger partial charge in [0.1, 0.15) is 23.1 Å². The maximum Gasteiger partial charge on any atom is 0.257 e. The average molecular weight is 266 g/mol. The Hall–Kier alpha value is -2.44. The zero-order valence-electron chi connectivity index (χ0n) is 10.4. The van der Waals surface area contributed by atoms with Gasteiger partial charge in [0.15, 0.2) is 0 Å². The number of carbonyl (C=O) groups excluding carboxylic acids is 1. The van der Waals surface area contributed by atoms with Crippen molar-refractivity contribution < 1.29 is 13.6 Å². The Bertz CT molecular complexity index is 628. The van der Waals surface area contributed by atoms with Gasteiger partial charge in [-0.1, -0.05) is 0 Å². The first-order chi connectivity index (χ1) is 8.88. The Labute approximate surface area is 108 Å². The predicted octanol–water partition coefficient (Wildman–Crippen LogP) is 1.84. The first kappa shape index (κ1) is 13.0. The van der Waals surface area contributed by atoms with Crippen molar-refractivity contribution in [1.82, 2.24) is 9.78 Å². The van der Waals surface area contributed by atoms with Crippen LogP contribution in [0.4, 0.5) is 20.3 Å². The van der Waals surface area contributed by atoms with E-state index in [0.29, 0.717) is 11.5 Å². The highest BCUT2D eigenvalue weighted by atomic mass is 19.1. The van der Waals surface area contributed by atoms with Crippen LogP contribution in [-0.2, 0) is 7.05 Å². The first-order valence-corrected chi connectivity index (χ1v) is 5.45.